The third-order valence-electron chi connectivity index (χ3n) is 7.52. The van der Waals surface area contributed by atoms with E-state index in [1.807, 2.05) is 18.2 Å². The zero-order chi connectivity index (χ0) is 26.5. The maximum absolute atomic E-state index is 13.0. The second-order valence-electron chi connectivity index (χ2n) is 9.91. The number of nitrogens with zero attached hydrogens (tertiary/aromatic N) is 1. The molecule has 202 valence electrons. The van der Waals surface area contributed by atoms with Gasteiger partial charge in [-0.3, -0.25) is 0 Å². The predicted molar refractivity (Wildman–Crippen MR) is 156 cm³/mol. The number of nitrogens with one attached hydrogen (secondary N) is 1. The molecule has 5 rings (SSSR count). The van der Waals surface area contributed by atoms with E-state index in [1.165, 1.54) is 46.2 Å². The average Bonchev–Trinajstić information content (AvgIpc) is 2.96. The first kappa shape index (κ1) is 28.1. The number of carboxylic acid groups (broad SMARTS) is 1. The van der Waals surface area contributed by atoms with Crippen molar-refractivity contribution in [3.05, 3.63) is 114 Å². The second kappa shape index (κ2) is 12.8. The van der Waals surface area contributed by atoms with E-state index in [4.69, 9.17) is 9.84 Å². The lowest BCUT2D eigenvalue weighted by molar-refractivity contribution is 0.0697. The van der Waals surface area contributed by atoms with Crippen LogP contribution in [0.4, 0.5) is 4.79 Å². The lowest BCUT2D eigenvalue weighted by Crippen LogP contribution is -2.46. The molecule has 1 aliphatic rings. The summed E-state index contributed by atoms with van der Waals surface area (Å²) in [4.78, 5) is 25.9. The van der Waals surface area contributed by atoms with Gasteiger partial charge in [0.25, 0.3) is 0 Å². The van der Waals surface area contributed by atoms with Gasteiger partial charge in [0.2, 0.25) is 0 Å². The van der Waals surface area contributed by atoms with Crippen molar-refractivity contribution < 1.29 is 19.4 Å². The molecular weight excluding hydrogens is 512 g/mol. The van der Waals surface area contributed by atoms with Crippen LogP contribution in [0, 0.1) is 5.92 Å². The molecule has 0 aromatic heterocycles. The van der Waals surface area contributed by atoms with E-state index in [0.29, 0.717) is 24.8 Å². The van der Waals surface area contributed by atoms with Crippen LogP contribution in [0.15, 0.2) is 97.1 Å². The van der Waals surface area contributed by atoms with Crippen molar-refractivity contribution in [2.24, 2.45) is 5.92 Å². The predicted octanol–water partition coefficient (Wildman–Crippen LogP) is 6.92. The number of halogens is 1. The Morgan fingerprint density at radius 1 is 0.949 bits per heavy atom. The Balaban J connectivity index is 0.00000353. The number of rotatable bonds is 7. The third-order valence-corrected chi connectivity index (χ3v) is 7.52. The Hall–Kier alpha value is -3.87. The minimum Gasteiger partial charge on any atom is -0.478 e. The number of piperidine rings is 1. The molecule has 0 spiro atoms. The molecule has 1 aliphatic heterocycles. The summed E-state index contributed by atoms with van der Waals surface area (Å²) in [5.41, 5.74) is 2.65. The topological polar surface area (TPSA) is 78.9 Å². The molecule has 4 aromatic carbocycles. The van der Waals surface area contributed by atoms with E-state index in [-0.39, 0.29) is 29.9 Å². The fourth-order valence-electron chi connectivity index (χ4n) is 5.39. The third kappa shape index (κ3) is 6.59. The van der Waals surface area contributed by atoms with Crippen LogP contribution >= 0.6 is 12.4 Å². The van der Waals surface area contributed by atoms with E-state index in [0.717, 1.165) is 13.0 Å². The standard InChI is InChI=1S/C32H32N2O4.ClH/c1-22(28-13-7-11-23-10-5-6-12-29(23)28)33-20-26-18-19-34(21-30(26)24-8-3-2-4-9-24)32(37)38-27-16-14-25(15-17-27)31(35)36;/h2-17,22,26,30,33H,18-21H2,1H3,(H,35,36);1H/t22-,26?,30?;/m1./s1. The maximum Gasteiger partial charge on any atom is 0.415 e. The number of amides is 1. The summed E-state index contributed by atoms with van der Waals surface area (Å²) in [6.07, 6.45) is 0.437. The zero-order valence-electron chi connectivity index (χ0n) is 21.8. The second-order valence-corrected chi connectivity index (χ2v) is 9.91. The van der Waals surface area contributed by atoms with Gasteiger partial charge in [0, 0.05) is 25.0 Å². The van der Waals surface area contributed by atoms with Crippen LogP contribution in [0.3, 0.4) is 0 Å². The van der Waals surface area contributed by atoms with Gasteiger partial charge in [0.1, 0.15) is 5.75 Å². The van der Waals surface area contributed by atoms with Gasteiger partial charge < -0.3 is 20.1 Å². The number of fused-ring (bicyclic) bond motifs is 1. The zero-order valence-corrected chi connectivity index (χ0v) is 22.6. The van der Waals surface area contributed by atoms with Crippen molar-refractivity contribution in [3.63, 3.8) is 0 Å². The molecule has 2 N–H and O–H groups in total. The minimum atomic E-state index is -1.01. The Labute approximate surface area is 235 Å². The van der Waals surface area contributed by atoms with Crippen LogP contribution in [0.1, 0.15) is 46.8 Å². The Bertz CT molecular complexity index is 1410. The van der Waals surface area contributed by atoms with Crippen molar-refractivity contribution in [2.75, 3.05) is 19.6 Å². The molecule has 2 unspecified atom stereocenters. The van der Waals surface area contributed by atoms with Crippen LogP contribution in [0.25, 0.3) is 10.8 Å². The lowest BCUT2D eigenvalue weighted by Gasteiger charge is -2.39. The fraction of sp³-hybridized carbons (Fsp3) is 0.250. The highest BCUT2D eigenvalue weighted by Gasteiger charge is 2.33. The Morgan fingerprint density at radius 3 is 2.38 bits per heavy atom. The molecule has 0 bridgehead atoms. The first-order valence-corrected chi connectivity index (χ1v) is 13.1. The number of benzene rings is 4. The number of hydrogen-bond acceptors (Lipinski definition) is 4. The molecule has 3 atom stereocenters. The lowest BCUT2D eigenvalue weighted by atomic mass is 9.80. The summed E-state index contributed by atoms with van der Waals surface area (Å²) in [6.45, 7) is 4.21. The average molecular weight is 545 g/mol. The number of carboxylic acids is 1. The van der Waals surface area contributed by atoms with Crippen LogP contribution in [0.2, 0.25) is 0 Å². The van der Waals surface area contributed by atoms with Crippen molar-refractivity contribution in [2.45, 2.75) is 25.3 Å². The van der Waals surface area contributed by atoms with Gasteiger partial charge in [0.05, 0.1) is 5.56 Å². The highest BCUT2D eigenvalue weighted by atomic mass is 35.5. The van der Waals surface area contributed by atoms with Gasteiger partial charge in [-0.15, -0.1) is 12.4 Å². The van der Waals surface area contributed by atoms with Crippen LogP contribution < -0.4 is 10.1 Å². The molecule has 1 heterocycles. The van der Waals surface area contributed by atoms with E-state index in [2.05, 4.69) is 66.8 Å². The molecule has 0 saturated carbocycles. The van der Waals surface area contributed by atoms with E-state index in [1.54, 1.807) is 4.90 Å². The summed E-state index contributed by atoms with van der Waals surface area (Å²) in [5, 5.41) is 15.4. The molecule has 7 heteroatoms. The number of hydrogen-bond donors (Lipinski definition) is 2. The van der Waals surface area contributed by atoms with Crippen LogP contribution in [-0.2, 0) is 0 Å². The van der Waals surface area contributed by atoms with Crippen molar-refractivity contribution in [1.29, 1.82) is 0 Å². The number of likely N-dealkylation sites (tertiary alicyclic amines) is 1. The largest absolute Gasteiger partial charge is 0.478 e. The van der Waals surface area contributed by atoms with Crippen LogP contribution in [0.5, 0.6) is 5.75 Å². The van der Waals surface area contributed by atoms with Crippen molar-refractivity contribution in [3.8, 4) is 5.75 Å². The molecule has 0 radical (unpaired) electrons. The van der Waals surface area contributed by atoms with Crippen molar-refractivity contribution in [1.82, 2.24) is 10.2 Å². The van der Waals surface area contributed by atoms with E-state index >= 15 is 0 Å². The summed E-state index contributed by atoms with van der Waals surface area (Å²) >= 11 is 0. The SMILES string of the molecule is C[C@@H](NCC1CCN(C(=O)Oc2ccc(C(=O)O)cc2)CC1c1ccccc1)c1cccc2ccccc12.Cl. The van der Waals surface area contributed by atoms with Gasteiger partial charge >= 0.3 is 12.1 Å². The quantitative estimate of drug-likeness (QED) is 0.264. The summed E-state index contributed by atoms with van der Waals surface area (Å²) in [6, 6.07) is 31.4. The number of aromatic carboxylic acids is 1. The molecule has 1 amide bonds. The molecular formula is C32H33ClN2O4. The normalized spacial score (nSPS) is 17.7. The van der Waals surface area contributed by atoms with E-state index in [9.17, 15) is 9.59 Å². The Kier molecular flexibility index (Phi) is 9.23. The number of ether oxygens (including phenoxy) is 1. The summed E-state index contributed by atoms with van der Waals surface area (Å²) in [7, 11) is 0. The maximum atomic E-state index is 13.0. The highest BCUT2D eigenvalue weighted by Crippen LogP contribution is 2.33. The smallest absolute Gasteiger partial charge is 0.415 e. The molecule has 6 nitrogen and oxygen atoms in total. The van der Waals surface area contributed by atoms with E-state index < -0.39 is 12.1 Å². The summed E-state index contributed by atoms with van der Waals surface area (Å²) in [5.74, 6) is -0.157. The summed E-state index contributed by atoms with van der Waals surface area (Å²) < 4.78 is 5.58. The van der Waals surface area contributed by atoms with Gasteiger partial charge in [0.15, 0.2) is 0 Å². The molecule has 0 aliphatic carbocycles. The van der Waals surface area contributed by atoms with Crippen LogP contribution in [-0.4, -0.2) is 41.7 Å². The number of carbonyl (C=O) groups excluding carboxylic acids is 1. The van der Waals surface area contributed by atoms with Crippen molar-refractivity contribution >= 4 is 35.2 Å². The Morgan fingerprint density at radius 2 is 1.64 bits per heavy atom. The molecule has 1 fully saturated rings. The molecule has 1 saturated heterocycles. The first-order valence-electron chi connectivity index (χ1n) is 13.1. The van der Waals surface area contributed by atoms with Gasteiger partial charge in [-0.25, -0.2) is 9.59 Å². The molecule has 39 heavy (non-hydrogen) atoms. The van der Waals surface area contributed by atoms with Gasteiger partial charge in [-0.1, -0.05) is 72.8 Å². The van der Waals surface area contributed by atoms with Gasteiger partial charge in [-0.2, -0.15) is 0 Å². The highest BCUT2D eigenvalue weighted by molar-refractivity contribution is 5.88. The first-order chi connectivity index (χ1) is 18.5. The number of carbonyl (C=O) groups is 2. The van der Waals surface area contributed by atoms with Gasteiger partial charge in [-0.05, 0) is 72.0 Å². The monoisotopic (exact) mass is 544 g/mol. The minimum absolute atomic E-state index is 0. The fourth-order valence-corrected chi connectivity index (χ4v) is 5.39. The molecule has 4 aromatic rings.